The maximum atomic E-state index is 13.3. The van der Waals surface area contributed by atoms with Crippen LogP contribution in [0.5, 0.6) is 5.75 Å². The average Bonchev–Trinajstić information content (AvgIpc) is 2.67. The summed E-state index contributed by atoms with van der Waals surface area (Å²) in [6, 6.07) is 4.09. The first kappa shape index (κ1) is 21.0. The van der Waals surface area contributed by atoms with E-state index in [-0.39, 0.29) is 54.2 Å². The van der Waals surface area contributed by atoms with Gasteiger partial charge in [0, 0.05) is 19.5 Å². The number of nitrogens with one attached hydrogen (secondary N) is 1. The highest BCUT2D eigenvalue weighted by atomic mass is 35.5. The van der Waals surface area contributed by atoms with Gasteiger partial charge in [0.15, 0.2) is 11.5 Å². The number of H-pyrrole nitrogens is 1. The van der Waals surface area contributed by atoms with Crippen molar-refractivity contribution >= 4 is 23.3 Å². The largest absolute Gasteiger partial charge is 0.502 e. The van der Waals surface area contributed by atoms with Gasteiger partial charge in [-0.3, -0.25) is 14.4 Å². The molecule has 1 aliphatic heterocycles. The van der Waals surface area contributed by atoms with Crippen molar-refractivity contribution in [2.75, 3.05) is 6.54 Å². The van der Waals surface area contributed by atoms with E-state index < -0.39 is 34.9 Å². The zero-order valence-electron chi connectivity index (χ0n) is 15.7. The highest BCUT2D eigenvalue weighted by molar-refractivity contribution is 6.30. The number of amides is 1. The van der Waals surface area contributed by atoms with Crippen LogP contribution in [0.3, 0.4) is 0 Å². The van der Waals surface area contributed by atoms with Crippen LogP contribution in [0.25, 0.3) is 0 Å². The molecule has 154 valence electrons. The lowest BCUT2D eigenvalue weighted by molar-refractivity contribution is 0.0722. The van der Waals surface area contributed by atoms with Crippen molar-refractivity contribution in [3.05, 3.63) is 61.8 Å². The molecule has 1 amide bonds. The molecule has 2 aromatic rings. The maximum absolute atomic E-state index is 13.3. The number of carbonyl (C=O) groups is 2. The Kier molecular flexibility index (Phi) is 6.04. The molecule has 1 aromatic carbocycles. The third-order valence-corrected chi connectivity index (χ3v) is 5.14. The van der Waals surface area contributed by atoms with Gasteiger partial charge in [-0.25, -0.2) is 4.39 Å². The number of aromatic amines is 1. The summed E-state index contributed by atoms with van der Waals surface area (Å²) in [5.74, 6) is -2.32. The smallest absolute Gasteiger partial charge is 0.291 e. The number of rotatable bonds is 6. The number of benzene rings is 1. The molecular formula is C20H20ClFN2O5. The Bertz CT molecular complexity index is 1030. The number of pyridine rings is 1. The first-order chi connectivity index (χ1) is 13.7. The van der Waals surface area contributed by atoms with Gasteiger partial charge < -0.3 is 20.1 Å². The Morgan fingerprint density at radius 1 is 1.38 bits per heavy atom. The van der Waals surface area contributed by atoms with E-state index in [1.807, 2.05) is 0 Å². The lowest BCUT2D eigenvalue weighted by atomic mass is 9.93. The predicted molar refractivity (Wildman–Crippen MR) is 104 cm³/mol. The van der Waals surface area contributed by atoms with E-state index in [1.165, 1.54) is 23.1 Å². The Balaban J connectivity index is 1.93. The van der Waals surface area contributed by atoms with E-state index in [0.717, 1.165) is 0 Å². The zero-order valence-corrected chi connectivity index (χ0v) is 16.4. The highest BCUT2D eigenvalue weighted by Crippen LogP contribution is 2.28. The van der Waals surface area contributed by atoms with Crippen LogP contribution in [0.15, 0.2) is 23.0 Å². The molecule has 0 saturated carbocycles. The van der Waals surface area contributed by atoms with Gasteiger partial charge in [-0.1, -0.05) is 17.7 Å². The summed E-state index contributed by atoms with van der Waals surface area (Å²) < 4.78 is 13.3. The molecule has 29 heavy (non-hydrogen) atoms. The number of ketones is 1. The number of aliphatic hydroxyl groups is 1. The van der Waals surface area contributed by atoms with Gasteiger partial charge in [-0.2, -0.15) is 0 Å². The Morgan fingerprint density at radius 3 is 2.76 bits per heavy atom. The van der Waals surface area contributed by atoms with Crippen LogP contribution < -0.4 is 5.56 Å². The van der Waals surface area contributed by atoms with E-state index in [9.17, 15) is 29.0 Å². The Hall–Kier alpha value is -2.71. The van der Waals surface area contributed by atoms with Crippen molar-refractivity contribution in [3.8, 4) is 5.75 Å². The quantitative estimate of drug-likeness (QED) is 0.619. The summed E-state index contributed by atoms with van der Waals surface area (Å²) >= 11 is 5.78. The van der Waals surface area contributed by atoms with Gasteiger partial charge in [0.05, 0.1) is 22.4 Å². The summed E-state index contributed by atoms with van der Waals surface area (Å²) in [6.07, 6.45) is -0.229. The van der Waals surface area contributed by atoms with Gasteiger partial charge in [-0.05, 0) is 43.0 Å². The van der Waals surface area contributed by atoms with Gasteiger partial charge >= 0.3 is 0 Å². The fourth-order valence-electron chi connectivity index (χ4n) is 3.33. The van der Waals surface area contributed by atoms with Crippen LogP contribution in [0.2, 0.25) is 5.02 Å². The number of aliphatic hydroxyl groups excluding tert-OH is 1. The van der Waals surface area contributed by atoms with Gasteiger partial charge in [-0.15, -0.1) is 0 Å². The summed E-state index contributed by atoms with van der Waals surface area (Å²) in [6.45, 7) is 1.89. The van der Waals surface area contributed by atoms with Crippen LogP contribution in [-0.2, 0) is 13.0 Å². The second kappa shape index (κ2) is 8.34. The lowest BCUT2D eigenvalue weighted by Gasteiger charge is -2.30. The molecule has 7 nitrogen and oxygen atoms in total. The average molecular weight is 423 g/mol. The van der Waals surface area contributed by atoms with Crippen LogP contribution in [0.1, 0.15) is 51.7 Å². The first-order valence-electron chi connectivity index (χ1n) is 9.11. The standard InChI is InChI=1S/C20H20ClFN2O5/c1-10(25)2-5-15(26)17-12-6-7-24(9-11-3-4-14(22)13(21)8-11)20(29)16(12)18(27)19(28)23-17/h3-4,8,10,25,27H,2,5-7,9H2,1H3,(H,23,28)/t10-/m0/s1. The third kappa shape index (κ3) is 4.33. The molecule has 0 aliphatic carbocycles. The molecule has 0 spiro atoms. The number of hydrogen-bond acceptors (Lipinski definition) is 5. The molecule has 0 unspecified atom stereocenters. The molecule has 0 radical (unpaired) electrons. The molecule has 0 bridgehead atoms. The number of Topliss-reactive ketones (excluding diaryl/α,β-unsaturated/α-hetero) is 1. The van der Waals surface area contributed by atoms with Crippen LogP contribution in [0.4, 0.5) is 4.39 Å². The van der Waals surface area contributed by atoms with E-state index >= 15 is 0 Å². The van der Waals surface area contributed by atoms with E-state index in [2.05, 4.69) is 4.98 Å². The summed E-state index contributed by atoms with van der Waals surface area (Å²) in [7, 11) is 0. The van der Waals surface area contributed by atoms with Crippen molar-refractivity contribution in [1.82, 2.24) is 9.88 Å². The minimum Gasteiger partial charge on any atom is -0.502 e. The molecule has 1 aliphatic rings. The minimum atomic E-state index is -0.927. The summed E-state index contributed by atoms with van der Waals surface area (Å²) in [5.41, 5.74) is -0.263. The third-order valence-electron chi connectivity index (χ3n) is 4.85. The topological polar surface area (TPSA) is 111 Å². The Labute approximate surface area is 170 Å². The Morgan fingerprint density at radius 2 is 2.10 bits per heavy atom. The minimum absolute atomic E-state index is 0.00317. The predicted octanol–water partition coefficient (Wildman–Crippen LogP) is 2.42. The monoisotopic (exact) mass is 422 g/mol. The van der Waals surface area contributed by atoms with Gasteiger partial charge in [0.2, 0.25) is 0 Å². The van der Waals surface area contributed by atoms with Crippen molar-refractivity contribution < 1.29 is 24.2 Å². The molecule has 3 rings (SSSR count). The second-order valence-electron chi connectivity index (χ2n) is 7.07. The SMILES string of the molecule is C[C@H](O)CCC(=O)c1[nH]c(=O)c(O)c2c1CCN(Cc1ccc(F)c(Cl)c1)C2=O. The van der Waals surface area contributed by atoms with E-state index in [0.29, 0.717) is 5.56 Å². The van der Waals surface area contributed by atoms with Crippen molar-refractivity contribution in [1.29, 1.82) is 0 Å². The number of halogens is 2. The molecular weight excluding hydrogens is 403 g/mol. The lowest BCUT2D eigenvalue weighted by Crippen LogP contribution is -2.39. The van der Waals surface area contributed by atoms with Crippen molar-refractivity contribution in [2.24, 2.45) is 0 Å². The number of nitrogens with zero attached hydrogens (tertiary/aromatic N) is 1. The highest BCUT2D eigenvalue weighted by Gasteiger charge is 2.32. The van der Waals surface area contributed by atoms with Crippen molar-refractivity contribution in [2.45, 2.75) is 38.8 Å². The zero-order chi connectivity index (χ0) is 21.3. The fourth-order valence-corrected chi connectivity index (χ4v) is 3.53. The number of hydrogen-bond donors (Lipinski definition) is 3. The van der Waals surface area contributed by atoms with Gasteiger partial charge in [0.1, 0.15) is 5.82 Å². The number of aromatic hydroxyl groups is 1. The number of fused-ring (bicyclic) bond motifs is 1. The van der Waals surface area contributed by atoms with Crippen LogP contribution in [0, 0.1) is 5.82 Å². The number of aromatic nitrogens is 1. The second-order valence-corrected chi connectivity index (χ2v) is 7.47. The fraction of sp³-hybridized carbons (Fsp3) is 0.350. The number of carbonyl (C=O) groups excluding carboxylic acids is 2. The molecule has 2 heterocycles. The molecule has 9 heteroatoms. The maximum Gasteiger partial charge on any atom is 0.291 e. The van der Waals surface area contributed by atoms with E-state index in [4.69, 9.17) is 11.6 Å². The molecule has 1 atom stereocenters. The molecule has 3 N–H and O–H groups in total. The first-order valence-corrected chi connectivity index (χ1v) is 9.49. The summed E-state index contributed by atoms with van der Waals surface area (Å²) in [5, 5.41) is 19.5. The normalized spacial score (nSPS) is 14.6. The molecule has 0 saturated heterocycles. The van der Waals surface area contributed by atoms with Crippen LogP contribution in [-0.4, -0.2) is 44.4 Å². The summed E-state index contributed by atoms with van der Waals surface area (Å²) in [4.78, 5) is 41.3. The van der Waals surface area contributed by atoms with Crippen LogP contribution >= 0.6 is 11.6 Å². The molecule has 0 fully saturated rings. The molecule has 1 aromatic heterocycles. The van der Waals surface area contributed by atoms with Gasteiger partial charge in [0.25, 0.3) is 11.5 Å². The van der Waals surface area contributed by atoms with E-state index in [1.54, 1.807) is 6.92 Å². The van der Waals surface area contributed by atoms with Crippen molar-refractivity contribution in [3.63, 3.8) is 0 Å².